The second-order valence-electron chi connectivity index (χ2n) is 6.50. The van der Waals surface area contributed by atoms with Gasteiger partial charge < -0.3 is 14.2 Å². The Morgan fingerprint density at radius 1 is 1.21 bits per heavy atom. The second kappa shape index (κ2) is 8.99. The molecule has 0 bridgehead atoms. The Bertz CT molecular complexity index is 951. The highest BCUT2D eigenvalue weighted by atomic mass is 16.5. The first-order valence-electron chi connectivity index (χ1n) is 9.03. The van der Waals surface area contributed by atoms with Crippen molar-refractivity contribution < 1.29 is 14.1 Å². The van der Waals surface area contributed by atoms with Crippen LogP contribution in [-0.2, 0) is 11.3 Å². The summed E-state index contributed by atoms with van der Waals surface area (Å²) in [6.07, 6.45) is 1.66. The van der Waals surface area contributed by atoms with Gasteiger partial charge in [-0.1, -0.05) is 53.7 Å². The Hall–Kier alpha value is -3.41. The van der Waals surface area contributed by atoms with Crippen molar-refractivity contribution in [1.29, 1.82) is 0 Å². The van der Waals surface area contributed by atoms with E-state index in [0.29, 0.717) is 24.0 Å². The van der Waals surface area contributed by atoms with Crippen LogP contribution in [0.1, 0.15) is 17.0 Å². The fourth-order valence-electron chi connectivity index (χ4n) is 2.69. The maximum Gasteiger partial charge on any atom is 0.261 e. The van der Waals surface area contributed by atoms with E-state index in [1.165, 1.54) is 0 Å². The number of hydrogen-bond donors (Lipinski definition) is 0. The van der Waals surface area contributed by atoms with Crippen LogP contribution >= 0.6 is 0 Å². The molecule has 3 aromatic rings. The molecule has 0 radical (unpaired) electrons. The van der Waals surface area contributed by atoms with Crippen LogP contribution in [0, 0.1) is 13.8 Å². The monoisotopic (exact) mass is 377 g/mol. The maximum absolute atomic E-state index is 12.6. The van der Waals surface area contributed by atoms with Crippen LogP contribution in [0.15, 0.2) is 65.7 Å². The summed E-state index contributed by atoms with van der Waals surface area (Å²) in [7, 11) is 0. The van der Waals surface area contributed by atoms with Gasteiger partial charge in [-0.05, 0) is 31.0 Å². The molecule has 144 valence electrons. The first-order chi connectivity index (χ1) is 13.6. The number of amides is 1. The predicted molar refractivity (Wildman–Crippen MR) is 107 cm³/mol. The zero-order valence-electron chi connectivity index (χ0n) is 16.1. The minimum absolute atomic E-state index is 0.0716. The Kier molecular flexibility index (Phi) is 6.22. The highest BCUT2D eigenvalue weighted by molar-refractivity contribution is 5.78. The molecule has 0 spiro atoms. The predicted octanol–water partition coefficient (Wildman–Crippen LogP) is 3.95. The van der Waals surface area contributed by atoms with Gasteiger partial charge >= 0.3 is 0 Å². The first-order valence-corrected chi connectivity index (χ1v) is 9.03. The van der Waals surface area contributed by atoms with Crippen molar-refractivity contribution in [3.05, 3.63) is 78.2 Å². The van der Waals surface area contributed by atoms with Gasteiger partial charge in [0, 0.05) is 12.1 Å². The molecular weight excluding hydrogens is 354 g/mol. The molecule has 0 fully saturated rings. The van der Waals surface area contributed by atoms with Crippen molar-refractivity contribution in [3.8, 4) is 17.1 Å². The lowest BCUT2D eigenvalue weighted by Crippen LogP contribution is -2.34. The van der Waals surface area contributed by atoms with E-state index >= 15 is 0 Å². The van der Waals surface area contributed by atoms with Gasteiger partial charge in [-0.15, -0.1) is 6.58 Å². The minimum atomic E-state index is -0.180. The number of aromatic nitrogens is 2. The van der Waals surface area contributed by atoms with Gasteiger partial charge in [-0.2, -0.15) is 4.98 Å². The van der Waals surface area contributed by atoms with Crippen molar-refractivity contribution in [1.82, 2.24) is 15.0 Å². The zero-order chi connectivity index (χ0) is 19.9. The molecule has 1 heterocycles. The van der Waals surface area contributed by atoms with Crippen LogP contribution in [-0.4, -0.2) is 34.1 Å². The van der Waals surface area contributed by atoms with E-state index in [1.54, 1.807) is 11.0 Å². The molecular formula is C22H23N3O3. The Labute approximate surface area is 164 Å². The largest absolute Gasteiger partial charge is 0.483 e. The number of rotatable bonds is 8. The van der Waals surface area contributed by atoms with Crippen molar-refractivity contribution in [2.24, 2.45) is 0 Å². The molecule has 0 unspecified atom stereocenters. The summed E-state index contributed by atoms with van der Waals surface area (Å²) in [6, 6.07) is 15.4. The van der Waals surface area contributed by atoms with Gasteiger partial charge in [0.25, 0.3) is 5.91 Å². The SMILES string of the molecule is C=CCN(Cc1nc(-c2ccccc2)no1)C(=O)COc1cc(C)ccc1C. The van der Waals surface area contributed by atoms with E-state index in [-0.39, 0.29) is 19.1 Å². The summed E-state index contributed by atoms with van der Waals surface area (Å²) in [5.41, 5.74) is 2.92. The molecule has 0 atom stereocenters. The van der Waals surface area contributed by atoms with Gasteiger partial charge in [0.15, 0.2) is 6.61 Å². The average molecular weight is 377 g/mol. The summed E-state index contributed by atoms with van der Waals surface area (Å²) in [5, 5.41) is 3.99. The summed E-state index contributed by atoms with van der Waals surface area (Å²) in [4.78, 5) is 18.6. The Balaban J connectivity index is 1.66. The van der Waals surface area contributed by atoms with E-state index in [2.05, 4.69) is 16.7 Å². The molecule has 28 heavy (non-hydrogen) atoms. The molecule has 0 aliphatic rings. The molecule has 0 aliphatic carbocycles. The van der Waals surface area contributed by atoms with Gasteiger partial charge in [-0.3, -0.25) is 4.79 Å². The van der Waals surface area contributed by atoms with E-state index in [9.17, 15) is 4.79 Å². The number of carbonyl (C=O) groups excluding carboxylic acids is 1. The molecule has 0 aliphatic heterocycles. The van der Waals surface area contributed by atoms with Gasteiger partial charge in [0.1, 0.15) is 12.3 Å². The van der Waals surface area contributed by atoms with Crippen LogP contribution in [0.4, 0.5) is 0 Å². The van der Waals surface area contributed by atoms with E-state index < -0.39 is 0 Å². The maximum atomic E-state index is 12.6. The average Bonchev–Trinajstić information content (AvgIpc) is 3.17. The zero-order valence-corrected chi connectivity index (χ0v) is 16.1. The number of carbonyl (C=O) groups is 1. The Morgan fingerprint density at radius 3 is 2.75 bits per heavy atom. The van der Waals surface area contributed by atoms with Crippen LogP contribution in [0.25, 0.3) is 11.4 Å². The molecule has 1 amide bonds. The van der Waals surface area contributed by atoms with Gasteiger partial charge in [0.2, 0.25) is 11.7 Å². The molecule has 6 heteroatoms. The normalized spacial score (nSPS) is 10.5. The topological polar surface area (TPSA) is 68.5 Å². The summed E-state index contributed by atoms with van der Waals surface area (Å²) >= 11 is 0. The lowest BCUT2D eigenvalue weighted by Gasteiger charge is -2.19. The van der Waals surface area contributed by atoms with Gasteiger partial charge in [0.05, 0.1) is 0 Å². The molecule has 0 saturated heterocycles. The highest BCUT2D eigenvalue weighted by Crippen LogP contribution is 2.19. The summed E-state index contributed by atoms with van der Waals surface area (Å²) in [6.45, 7) is 8.14. The smallest absolute Gasteiger partial charge is 0.261 e. The third-order valence-electron chi connectivity index (χ3n) is 4.22. The first kappa shape index (κ1) is 19.4. The number of benzene rings is 2. The quantitative estimate of drug-likeness (QED) is 0.556. The number of hydrogen-bond acceptors (Lipinski definition) is 5. The molecule has 0 saturated carbocycles. The van der Waals surface area contributed by atoms with Crippen molar-refractivity contribution >= 4 is 5.91 Å². The number of aryl methyl sites for hydroxylation is 2. The third kappa shape index (κ3) is 4.85. The van der Waals surface area contributed by atoms with E-state index in [1.807, 2.05) is 62.4 Å². The highest BCUT2D eigenvalue weighted by Gasteiger charge is 2.18. The van der Waals surface area contributed by atoms with Crippen molar-refractivity contribution in [2.75, 3.05) is 13.2 Å². The van der Waals surface area contributed by atoms with Crippen LogP contribution < -0.4 is 4.74 Å². The third-order valence-corrected chi connectivity index (χ3v) is 4.22. The van der Waals surface area contributed by atoms with Crippen LogP contribution in [0.3, 0.4) is 0 Å². The molecule has 0 N–H and O–H groups in total. The molecule has 2 aromatic carbocycles. The summed E-state index contributed by atoms with van der Waals surface area (Å²) in [5.74, 6) is 1.38. The summed E-state index contributed by atoms with van der Waals surface area (Å²) < 4.78 is 11.0. The minimum Gasteiger partial charge on any atom is -0.483 e. The van der Waals surface area contributed by atoms with Crippen LogP contribution in [0.5, 0.6) is 5.75 Å². The fraction of sp³-hybridized carbons (Fsp3) is 0.227. The van der Waals surface area contributed by atoms with Crippen molar-refractivity contribution in [2.45, 2.75) is 20.4 Å². The molecule has 1 aromatic heterocycles. The van der Waals surface area contributed by atoms with E-state index in [0.717, 1.165) is 16.7 Å². The standard InChI is InChI=1S/C22H23N3O3/c1-4-12-25(21(26)15-27-19-13-16(2)10-11-17(19)3)14-20-23-22(24-28-20)18-8-6-5-7-9-18/h4-11,13H,1,12,14-15H2,2-3H3. The molecule has 6 nitrogen and oxygen atoms in total. The van der Waals surface area contributed by atoms with E-state index in [4.69, 9.17) is 9.26 Å². The Morgan fingerprint density at radius 2 is 2.00 bits per heavy atom. The lowest BCUT2D eigenvalue weighted by molar-refractivity contribution is -0.133. The lowest BCUT2D eigenvalue weighted by atomic mass is 10.1. The number of nitrogens with zero attached hydrogens (tertiary/aromatic N) is 3. The van der Waals surface area contributed by atoms with Crippen LogP contribution in [0.2, 0.25) is 0 Å². The molecule has 3 rings (SSSR count). The fourth-order valence-corrected chi connectivity index (χ4v) is 2.69. The number of ether oxygens (including phenoxy) is 1. The second-order valence-corrected chi connectivity index (χ2v) is 6.50. The van der Waals surface area contributed by atoms with Crippen molar-refractivity contribution in [3.63, 3.8) is 0 Å². The van der Waals surface area contributed by atoms with Gasteiger partial charge in [-0.25, -0.2) is 0 Å².